The zero-order valence-electron chi connectivity index (χ0n) is 11.6. The average Bonchev–Trinajstić information content (AvgIpc) is 2.42. The Labute approximate surface area is 124 Å². The quantitative estimate of drug-likeness (QED) is 0.336. The van der Waals surface area contributed by atoms with Crippen molar-refractivity contribution in [1.29, 1.82) is 0 Å². The van der Waals surface area contributed by atoms with Crippen molar-refractivity contribution in [2.45, 2.75) is 13.8 Å². The first-order valence-electron chi connectivity index (χ1n) is 6.10. The summed E-state index contributed by atoms with van der Waals surface area (Å²) < 4.78 is 0. The molecule has 0 aromatic heterocycles. The fourth-order valence-corrected chi connectivity index (χ4v) is 1.56. The number of nitrogens with one attached hydrogen (secondary N) is 3. The largest absolute Gasteiger partial charge is 0.358 e. The van der Waals surface area contributed by atoms with Crippen LogP contribution < -0.4 is 16.1 Å². The minimum atomic E-state index is -0.107. The molecule has 0 bridgehead atoms. The van der Waals surface area contributed by atoms with Gasteiger partial charge in [-0.15, -0.1) is 6.58 Å². The summed E-state index contributed by atoms with van der Waals surface area (Å²) in [5.41, 5.74) is 5.14. The van der Waals surface area contributed by atoms with Gasteiger partial charge in [0.1, 0.15) is 0 Å². The van der Waals surface area contributed by atoms with E-state index in [0.29, 0.717) is 11.7 Å². The smallest absolute Gasteiger partial charge is 0.221 e. The van der Waals surface area contributed by atoms with Gasteiger partial charge in [0.15, 0.2) is 5.11 Å². The fraction of sp³-hybridized carbons (Fsp3) is 0.214. The molecule has 3 N–H and O–H groups in total. The van der Waals surface area contributed by atoms with Crippen molar-refractivity contribution < 1.29 is 4.79 Å². The Kier molecular flexibility index (Phi) is 6.39. The number of hydrazone groups is 1. The molecule has 0 fully saturated rings. The highest BCUT2D eigenvalue weighted by Crippen LogP contribution is 2.11. The highest BCUT2D eigenvalue weighted by Gasteiger charge is 2.01. The number of benzene rings is 1. The van der Waals surface area contributed by atoms with Gasteiger partial charge in [-0.1, -0.05) is 18.2 Å². The predicted octanol–water partition coefficient (Wildman–Crippen LogP) is 2.02. The Morgan fingerprint density at radius 3 is 2.85 bits per heavy atom. The highest BCUT2D eigenvalue weighted by atomic mass is 32.1. The molecule has 5 nitrogen and oxygen atoms in total. The molecule has 0 saturated carbocycles. The third-order valence-electron chi connectivity index (χ3n) is 2.33. The average molecular weight is 290 g/mol. The van der Waals surface area contributed by atoms with E-state index in [2.05, 4.69) is 27.7 Å². The van der Waals surface area contributed by atoms with E-state index in [1.54, 1.807) is 6.08 Å². The number of nitrogens with zero attached hydrogens (tertiary/aromatic N) is 1. The number of anilines is 1. The van der Waals surface area contributed by atoms with Crippen molar-refractivity contribution in [1.82, 2.24) is 10.7 Å². The molecule has 0 heterocycles. The van der Waals surface area contributed by atoms with E-state index >= 15 is 0 Å². The van der Waals surface area contributed by atoms with Crippen LogP contribution in [0.4, 0.5) is 5.69 Å². The van der Waals surface area contributed by atoms with Crippen LogP contribution in [0.5, 0.6) is 0 Å². The lowest BCUT2D eigenvalue weighted by Crippen LogP contribution is -2.32. The minimum Gasteiger partial charge on any atom is -0.358 e. The fourth-order valence-electron chi connectivity index (χ4n) is 1.43. The second-order valence-electron chi connectivity index (χ2n) is 4.07. The number of thiocarbonyl (C=S) groups is 1. The number of amides is 1. The van der Waals surface area contributed by atoms with E-state index in [4.69, 9.17) is 12.2 Å². The van der Waals surface area contributed by atoms with E-state index in [0.717, 1.165) is 17.0 Å². The standard InChI is InChI=1S/C14H18N4OS/c1-4-8-15-14(20)18-17-10(2)12-6-5-7-13(9-12)16-11(3)19/h4-7,9H,1,8H2,2-3H3,(H,16,19)(H2,15,18,20). The third-order valence-corrected chi connectivity index (χ3v) is 2.57. The molecule has 0 radical (unpaired) electrons. The van der Waals surface area contributed by atoms with Crippen molar-refractivity contribution >= 4 is 34.6 Å². The van der Waals surface area contributed by atoms with Gasteiger partial charge in [-0.05, 0) is 36.8 Å². The van der Waals surface area contributed by atoms with Crippen LogP contribution in [0.25, 0.3) is 0 Å². The van der Waals surface area contributed by atoms with Crippen LogP contribution in [0, 0.1) is 0 Å². The van der Waals surface area contributed by atoms with Crippen molar-refractivity contribution in [3.63, 3.8) is 0 Å². The Morgan fingerprint density at radius 1 is 1.45 bits per heavy atom. The highest BCUT2D eigenvalue weighted by molar-refractivity contribution is 7.80. The van der Waals surface area contributed by atoms with Gasteiger partial charge in [-0.2, -0.15) is 5.10 Å². The first kappa shape index (κ1) is 15.8. The predicted molar refractivity (Wildman–Crippen MR) is 86.9 cm³/mol. The molecule has 0 aliphatic heterocycles. The molecule has 0 aliphatic rings. The molecule has 1 aromatic carbocycles. The molecule has 0 unspecified atom stereocenters. The monoisotopic (exact) mass is 290 g/mol. The topological polar surface area (TPSA) is 65.5 Å². The number of carbonyl (C=O) groups excluding carboxylic acids is 1. The van der Waals surface area contributed by atoms with Gasteiger partial charge in [0.05, 0.1) is 5.71 Å². The zero-order chi connectivity index (χ0) is 15.0. The lowest BCUT2D eigenvalue weighted by molar-refractivity contribution is -0.114. The van der Waals surface area contributed by atoms with Gasteiger partial charge in [-0.3, -0.25) is 10.2 Å². The molecule has 1 rings (SSSR count). The third kappa shape index (κ3) is 5.62. The lowest BCUT2D eigenvalue weighted by atomic mass is 10.1. The van der Waals surface area contributed by atoms with E-state index in [1.807, 2.05) is 31.2 Å². The Balaban J connectivity index is 2.70. The Bertz CT molecular complexity index is 540. The molecule has 20 heavy (non-hydrogen) atoms. The lowest BCUT2D eigenvalue weighted by Gasteiger charge is -2.07. The van der Waals surface area contributed by atoms with Gasteiger partial charge >= 0.3 is 0 Å². The number of rotatable bonds is 5. The first-order chi connectivity index (χ1) is 9.52. The molecule has 1 aromatic rings. The molecule has 0 atom stereocenters. The summed E-state index contributed by atoms with van der Waals surface area (Å²) in [4.78, 5) is 11.0. The molecule has 106 valence electrons. The van der Waals surface area contributed by atoms with E-state index in [-0.39, 0.29) is 5.91 Å². The van der Waals surface area contributed by atoms with E-state index in [9.17, 15) is 4.79 Å². The van der Waals surface area contributed by atoms with Crippen LogP contribution in [0.15, 0.2) is 42.0 Å². The van der Waals surface area contributed by atoms with Gasteiger partial charge in [-0.25, -0.2) is 0 Å². The maximum absolute atomic E-state index is 11.0. The number of hydrogen-bond acceptors (Lipinski definition) is 3. The first-order valence-corrected chi connectivity index (χ1v) is 6.51. The Hall–Kier alpha value is -2.21. The molecule has 6 heteroatoms. The summed E-state index contributed by atoms with van der Waals surface area (Å²) in [5.74, 6) is -0.107. The molecular formula is C14H18N4OS. The molecule has 1 amide bonds. The van der Waals surface area contributed by atoms with Crippen molar-refractivity contribution in [2.75, 3.05) is 11.9 Å². The summed E-state index contributed by atoms with van der Waals surface area (Å²) in [7, 11) is 0. The van der Waals surface area contributed by atoms with Crippen LogP contribution in [0.3, 0.4) is 0 Å². The SMILES string of the molecule is C=CCNC(=S)NN=C(C)c1cccc(NC(C)=O)c1. The summed E-state index contributed by atoms with van der Waals surface area (Å²) in [6.45, 7) is 7.50. The number of carbonyl (C=O) groups is 1. The van der Waals surface area contributed by atoms with Crippen molar-refractivity contribution in [3.05, 3.63) is 42.5 Å². The van der Waals surface area contributed by atoms with Crippen LogP contribution >= 0.6 is 12.2 Å². The second-order valence-corrected chi connectivity index (χ2v) is 4.48. The van der Waals surface area contributed by atoms with E-state index < -0.39 is 0 Å². The van der Waals surface area contributed by atoms with Crippen LogP contribution in [-0.4, -0.2) is 23.3 Å². The summed E-state index contributed by atoms with van der Waals surface area (Å²) in [5, 5.41) is 10.3. The molecule has 0 aliphatic carbocycles. The van der Waals surface area contributed by atoms with Gasteiger partial charge in [0.2, 0.25) is 5.91 Å². The van der Waals surface area contributed by atoms with Crippen molar-refractivity contribution in [3.8, 4) is 0 Å². The Morgan fingerprint density at radius 2 is 2.20 bits per heavy atom. The maximum atomic E-state index is 11.0. The number of hydrogen-bond donors (Lipinski definition) is 3. The van der Waals surface area contributed by atoms with Crippen LogP contribution in [0.1, 0.15) is 19.4 Å². The summed E-state index contributed by atoms with van der Waals surface area (Å²) in [6, 6.07) is 7.43. The summed E-state index contributed by atoms with van der Waals surface area (Å²) in [6.07, 6.45) is 1.71. The van der Waals surface area contributed by atoms with E-state index in [1.165, 1.54) is 6.92 Å². The second kappa shape index (κ2) is 8.06. The molecular weight excluding hydrogens is 272 g/mol. The molecule has 0 spiro atoms. The van der Waals surface area contributed by atoms with Gasteiger partial charge in [0, 0.05) is 19.2 Å². The zero-order valence-corrected chi connectivity index (χ0v) is 12.4. The maximum Gasteiger partial charge on any atom is 0.221 e. The van der Waals surface area contributed by atoms with Crippen molar-refractivity contribution in [2.24, 2.45) is 5.10 Å². The summed E-state index contributed by atoms with van der Waals surface area (Å²) >= 11 is 5.04. The minimum absolute atomic E-state index is 0.107. The normalized spacial score (nSPS) is 10.6. The van der Waals surface area contributed by atoms with Crippen LogP contribution in [0.2, 0.25) is 0 Å². The van der Waals surface area contributed by atoms with Gasteiger partial charge < -0.3 is 10.6 Å². The van der Waals surface area contributed by atoms with Gasteiger partial charge in [0.25, 0.3) is 0 Å². The molecule has 0 saturated heterocycles. The van der Waals surface area contributed by atoms with Crippen LogP contribution in [-0.2, 0) is 4.79 Å².